The van der Waals surface area contributed by atoms with Crippen molar-refractivity contribution < 1.29 is 14.7 Å². The Morgan fingerprint density at radius 1 is 1.32 bits per heavy atom. The summed E-state index contributed by atoms with van der Waals surface area (Å²) in [6, 6.07) is 0.685. The minimum atomic E-state index is -0.699. The van der Waals surface area contributed by atoms with Gasteiger partial charge in [-0.15, -0.1) is 0 Å². The zero-order valence-electron chi connectivity index (χ0n) is 11.8. The van der Waals surface area contributed by atoms with Crippen LogP contribution in [0.1, 0.15) is 46.0 Å². The van der Waals surface area contributed by atoms with Crippen LogP contribution >= 0.6 is 0 Å². The number of carbonyl (C=O) groups is 2. The molecule has 5 heteroatoms. The summed E-state index contributed by atoms with van der Waals surface area (Å²) in [5.41, 5.74) is 0. The van der Waals surface area contributed by atoms with Gasteiger partial charge in [0.25, 0.3) is 0 Å². The van der Waals surface area contributed by atoms with Gasteiger partial charge in [-0.25, -0.2) is 0 Å². The van der Waals surface area contributed by atoms with Gasteiger partial charge in [-0.05, 0) is 45.4 Å². The smallest absolute Gasteiger partial charge is 0.303 e. The SMILES string of the molecule is CCNC(=O)C(C)N1C2CCC1CC(CC(=O)O)C2. The van der Waals surface area contributed by atoms with E-state index in [1.807, 2.05) is 13.8 Å². The highest BCUT2D eigenvalue weighted by molar-refractivity contribution is 5.81. The maximum absolute atomic E-state index is 12.0. The summed E-state index contributed by atoms with van der Waals surface area (Å²) in [6.07, 6.45) is 4.32. The van der Waals surface area contributed by atoms with Crippen molar-refractivity contribution in [3.63, 3.8) is 0 Å². The standard InChI is InChI=1S/C14H24N2O3/c1-3-15-14(19)9(2)16-11-4-5-12(16)7-10(6-11)8-13(17)18/h9-12H,3-8H2,1-2H3,(H,15,19)(H,17,18). The monoisotopic (exact) mass is 268 g/mol. The van der Waals surface area contributed by atoms with Crippen LogP contribution in [0, 0.1) is 5.92 Å². The van der Waals surface area contributed by atoms with Crippen LogP contribution in [0.15, 0.2) is 0 Å². The summed E-state index contributed by atoms with van der Waals surface area (Å²) in [5.74, 6) is -0.321. The molecule has 0 radical (unpaired) electrons. The Labute approximate surface area is 114 Å². The Morgan fingerprint density at radius 3 is 2.37 bits per heavy atom. The maximum atomic E-state index is 12.0. The predicted octanol–water partition coefficient (Wildman–Crippen LogP) is 1.23. The number of carbonyl (C=O) groups excluding carboxylic acids is 1. The summed E-state index contributed by atoms with van der Waals surface area (Å²) in [7, 11) is 0. The number of hydrogen-bond donors (Lipinski definition) is 2. The quantitative estimate of drug-likeness (QED) is 0.787. The topological polar surface area (TPSA) is 69.6 Å². The van der Waals surface area contributed by atoms with Crippen molar-refractivity contribution in [2.75, 3.05) is 6.54 Å². The summed E-state index contributed by atoms with van der Waals surface area (Å²) < 4.78 is 0. The molecule has 19 heavy (non-hydrogen) atoms. The van der Waals surface area contributed by atoms with E-state index in [1.165, 1.54) is 0 Å². The third-order valence-electron chi connectivity index (χ3n) is 4.53. The molecule has 2 fully saturated rings. The van der Waals surface area contributed by atoms with Crippen LogP contribution in [-0.2, 0) is 9.59 Å². The Bertz CT molecular complexity index is 345. The van der Waals surface area contributed by atoms with Crippen LogP contribution in [0.4, 0.5) is 0 Å². The number of rotatable bonds is 5. The first-order valence-corrected chi connectivity index (χ1v) is 7.29. The average molecular weight is 268 g/mol. The lowest BCUT2D eigenvalue weighted by Gasteiger charge is -2.41. The molecule has 2 aliphatic heterocycles. The van der Waals surface area contributed by atoms with Crippen LogP contribution in [0.25, 0.3) is 0 Å². The van der Waals surface area contributed by atoms with Crippen LogP contribution in [0.2, 0.25) is 0 Å². The average Bonchev–Trinajstić information content (AvgIpc) is 2.59. The normalized spacial score (nSPS) is 32.0. The molecule has 0 aliphatic carbocycles. The first-order chi connectivity index (χ1) is 9.02. The van der Waals surface area contributed by atoms with Crippen molar-refractivity contribution in [1.29, 1.82) is 0 Å². The van der Waals surface area contributed by atoms with Crippen molar-refractivity contribution in [2.45, 2.75) is 64.1 Å². The molecule has 0 aromatic rings. The highest BCUT2D eigenvalue weighted by Gasteiger charge is 2.44. The van der Waals surface area contributed by atoms with Crippen molar-refractivity contribution in [2.24, 2.45) is 5.92 Å². The molecule has 0 aromatic heterocycles. The minimum Gasteiger partial charge on any atom is -0.481 e. The molecule has 2 saturated heterocycles. The second kappa shape index (κ2) is 5.90. The zero-order chi connectivity index (χ0) is 14.0. The molecule has 2 bridgehead atoms. The van der Waals surface area contributed by atoms with Gasteiger partial charge in [0.1, 0.15) is 0 Å². The molecular formula is C14H24N2O3. The molecule has 108 valence electrons. The minimum absolute atomic E-state index is 0.0936. The number of fused-ring (bicyclic) bond motifs is 2. The van der Waals surface area contributed by atoms with E-state index in [9.17, 15) is 9.59 Å². The van der Waals surface area contributed by atoms with Crippen molar-refractivity contribution in [3.8, 4) is 0 Å². The van der Waals surface area contributed by atoms with Gasteiger partial charge >= 0.3 is 5.97 Å². The summed E-state index contributed by atoms with van der Waals surface area (Å²) in [4.78, 5) is 25.1. The van der Waals surface area contributed by atoms with E-state index in [1.54, 1.807) is 0 Å². The lowest BCUT2D eigenvalue weighted by Crippen LogP contribution is -2.53. The summed E-state index contributed by atoms with van der Waals surface area (Å²) >= 11 is 0. The van der Waals surface area contributed by atoms with Crippen LogP contribution in [0.3, 0.4) is 0 Å². The fourth-order valence-electron chi connectivity index (χ4n) is 3.83. The lowest BCUT2D eigenvalue weighted by molar-refractivity contribution is -0.139. The number of likely N-dealkylation sites (N-methyl/N-ethyl adjacent to an activating group) is 1. The maximum Gasteiger partial charge on any atom is 0.303 e. The number of nitrogens with one attached hydrogen (secondary N) is 1. The molecule has 0 aromatic carbocycles. The van der Waals surface area contributed by atoms with Crippen LogP contribution in [0.5, 0.6) is 0 Å². The highest BCUT2D eigenvalue weighted by atomic mass is 16.4. The summed E-state index contributed by atoms with van der Waals surface area (Å²) in [5, 5.41) is 11.8. The lowest BCUT2D eigenvalue weighted by atomic mass is 9.87. The zero-order valence-corrected chi connectivity index (χ0v) is 11.8. The number of aliphatic carboxylic acids is 1. The number of carboxylic acid groups (broad SMARTS) is 1. The fourth-order valence-corrected chi connectivity index (χ4v) is 3.83. The molecule has 3 atom stereocenters. The second-order valence-electron chi connectivity index (χ2n) is 5.84. The molecule has 2 N–H and O–H groups in total. The van der Waals surface area contributed by atoms with Gasteiger partial charge in [0.05, 0.1) is 6.04 Å². The molecule has 0 saturated carbocycles. The molecule has 2 aliphatic rings. The van der Waals surface area contributed by atoms with Gasteiger partial charge in [0, 0.05) is 25.0 Å². The van der Waals surface area contributed by atoms with E-state index in [2.05, 4.69) is 10.2 Å². The van der Waals surface area contributed by atoms with Gasteiger partial charge in [-0.1, -0.05) is 0 Å². The number of nitrogens with zero attached hydrogens (tertiary/aromatic N) is 1. The summed E-state index contributed by atoms with van der Waals surface area (Å²) in [6.45, 7) is 4.56. The highest BCUT2D eigenvalue weighted by Crippen LogP contribution is 2.41. The number of hydrogen-bond acceptors (Lipinski definition) is 3. The molecule has 5 nitrogen and oxygen atoms in total. The van der Waals surface area contributed by atoms with E-state index < -0.39 is 5.97 Å². The predicted molar refractivity (Wildman–Crippen MR) is 71.8 cm³/mol. The molecular weight excluding hydrogens is 244 g/mol. The van der Waals surface area contributed by atoms with Gasteiger partial charge < -0.3 is 10.4 Å². The van der Waals surface area contributed by atoms with Gasteiger partial charge in [-0.3, -0.25) is 14.5 Å². The van der Waals surface area contributed by atoms with E-state index in [4.69, 9.17) is 5.11 Å². The van der Waals surface area contributed by atoms with Crippen molar-refractivity contribution in [1.82, 2.24) is 10.2 Å². The first-order valence-electron chi connectivity index (χ1n) is 7.29. The van der Waals surface area contributed by atoms with E-state index in [0.717, 1.165) is 25.7 Å². The molecule has 0 spiro atoms. The van der Waals surface area contributed by atoms with E-state index in [-0.39, 0.29) is 24.3 Å². The third-order valence-corrected chi connectivity index (χ3v) is 4.53. The molecule has 2 rings (SSSR count). The first kappa shape index (κ1) is 14.3. The van der Waals surface area contributed by atoms with Crippen molar-refractivity contribution >= 4 is 11.9 Å². The number of carboxylic acids is 1. The molecule has 2 heterocycles. The number of piperidine rings is 1. The van der Waals surface area contributed by atoms with Crippen LogP contribution < -0.4 is 5.32 Å². The van der Waals surface area contributed by atoms with Gasteiger partial charge in [0.2, 0.25) is 5.91 Å². The van der Waals surface area contributed by atoms with E-state index in [0.29, 0.717) is 18.6 Å². The number of amides is 1. The Balaban J connectivity index is 1.98. The Hall–Kier alpha value is -1.10. The largest absolute Gasteiger partial charge is 0.481 e. The Kier molecular flexibility index (Phi) is 4.45. The molecule has 3 unspecified atom stereocenters. The fraction of sp³-hybridized carbons (Fsp3) is 0.857. The van der Waals surface area contributed by atoms with Gasteiger partial charge in [0.15, 0.2) is 0 Å². The Morgan fingerprint density at radius 2 is 1.89 bits per heavy atom. The molecule has 1 amide bonds. The van der Waals surface area contributed by atoms with Crippen LogP contribution in [-0.4, -0.2) is 46.6 Å². The van der Waals surface area contributed by atoms with Crippen molar-refractivity contribution in [3.05, 3.63) is 0 Å². The van der Waals surface area contributed by atoms with E-state index >= 15 is 0 Å². The second-order valence-corrected chi connectivity index (χ2v) is 5.84. The third kappa shape index (κ3) is 3.08. The van der Waals surface area contributed by atoms with Gasteiger partial charge in [-0.2, -0.15) is 0 Å².